The fourth-order valence-corrected chi connectivity index (χ4v) is 6.17. The molecule has 3 aromatic rings. The van der Waals surface area contributed by atoms with Crippen LogP contribution in [0.4, 0.5) is 5.00 Å². The second kappa shape index (κ2) is 10.7. The van der Waals surface area contributed by atoms with Crippen molar-refractivity contribution >= 4 is 50.4 Å². The number of fused-ring (bicyclic) bond motifs is 1. The second-order valence-corrected chi connectivity index (χ2v) is 11.3. The molecule has 0 saturated carbocycles. The van der Waals surface area contributed by atoms with Crippen molar-refractivity contribution in [1.29, 1.82) is 0 Å². The number of anilines is 1. The normalized spacial score (nSPS) is 13.6. The quantitative estimate of drug-likeness (QED) is 0.492. The molecule has 2 heterocycles. The molecule has 0 bridgehead atoms. The third kappa shape index (κ3) is 5.50. The first-order chi connectivity index (χ1) is 15.8. The standard InChI is InChI=1S/C24H25N3O4S2.ClH/c1-2-33(30,31)18-10-6-9-17(13-18)23(29)26-24-21(22(25)28)19-11-12-27(15-20(19)32-24)14-16-7-4-3-5-8-16;/h3-10,13H,2,11-12,14-15H2,1H3,(H2,25,28)(H,26,29);1H. The lowest BCUT2D eigenvalue weighted by atomic mass is 10.0. The summed E-state index contributed by atoms with van der Waals surface area (Å²) in [7, 11) is -3.44. The topological polar surface area (TPSA) is 110 Å². The summed E-state index contributed by atoms with van der Waals surface area (Å²) in [4.78, 5) is 28.6. The Balaban J connectivity index is 0.00000324. The van der Waals surface area contributed by atoms with E-state index in [0.717, 1.165) is 23.5 Å². The fourth-order valence-electron chi connectivity index (χ4n) is 3.95. The van der Waals surface area contributed by atoms with Crippen LogP contribution in [-0.2, 0) is 29.3 Å². The highest BCUT2D eigenvalue weighted by atomic mass is 35.5. The number of hydrogen-bond donors (Lipinski definition) is 2. The van der Waals surface area contributed by atoms with Gasteiger partial charge in [-0.2, -0.15) is 0 Å². The van der Waals surface area contributed by atoms with Crippen molar-refractivity contribution < 1.29 is 18.0 Å². The van der Waals surface area contributed by atoms with Gasteiger partial charge in [-0.1, -0.05) is 43.3 Å². The first-order valence-corrected chi connectivity index (χ1v) is 13.1. The number of rotatable bonds is 7. The lowest BCUT2D eigenvalue weighted by molar-refractivity contribution is 0.0999. The van der Waals surface area contributed by atoms with Gasteiger partial charge in [0, 0.05) is 30.1 Å². The van der Waals surface area contributed by atoms with Crippen LogP contribution in [-0.4, -0.2) is 37.4 Å². The number of carbonyl (C=O) groups is 2. The van der Waals surface area contributed by atoms with Gasteiger partial charge in [0.05, 0.1) is 16.2 Å². The summed E-state index contributed by atoms with van der Waals surface area (Å²) in [6.07, 6.45) is 0.664. The Hall–Kier alpha value is -2.72. The zero-order chi connectivity index (χ0) is 23.6. The SMILES string of the molecule is CCS(=O)(=O)c1cccc(C(=O)Nc2sc3c(c2C(N)=O)CCN(Cc2ccccc2)C3)c1.Cl. The Morgan fingerprint density at radius 1 is 1.12 bits per heavy atom. The molecule has 180 valence electrons. The average molecular weight is 520 g/mol. The number of sulfone groups is 1. The van der Waals surface area contributed by atoms with Gasteiger partial charge in [-0.05, 0) is 35.7 Å². The molecule has 1 aromatic heterocycles. The van der Waals surface area contributed by atoms with E-state index in [1.807, 2.05) is 18.2 Å². The molecular weight excluding hydrogens is 494 g/mol. The minimum atomic E-state index is -3.44. The van der Waals surface area contributed by atoms with Crippen LogP contribution < -0.4 is 11.1 Å². The van der Waals surface area contributed by atoms with Gasteiger partial charge >= 0.3 is 0 Å². The highest BCUT2D eigenvalue weighted by Crippen LogP contribution is 2.37. The molecule has 4 rings (SSSR count). The molecule has 34 heavy (non-hydrogen) atoms. The summed E-state index contributed by atoms with van der Waals surface area (Å²) in [5.41, 5.74) is 8.33. The molecule has 3 N–H and O–H groups in total. The van der Waals surface area contributed by atoms with Crippen LogP contribution in [0.2, 0.25) is 0 Å². The predicted octanol–water partition coefficient (Wildman–Crippen LogP) is 3.87. The van der Waals surface area contributed by atoms with E-state index in [1.54, 1.807) is 13.0 Å². The Kier molecular flexibility index (Phi) is 8.14. The Morgan fingerprint density at radius 2 is 1.85 bits per heavy atom. The van der Waals surface area contributed by atoms with Gasteiger partial charge in [-0.3, -0.25) is 14.5 Å². The monoisotopic (exact) mass is 519 g/mol. The Bertz CT molecular complexity index is 1310. The molecule has 2 aromatic carbocycles. The maximum Gasteiger partial charge on any atom is 0.256 e. The first kappa shape index (κ1) is 25.9. The maximum absolute atomic E-state index is 12.9. The fraction of sp³-hybridized carbons (Fsp3) is 0.250. The molecule has 0 aliphatic carbocycles. The minimum Gasteiger partial charge on any atom is -0.365 e. The molecule has 7 nitrogen and oxygen atoms in total. The highest BCUT2D eigenvalue weighted by Gasteiger charge is 2.28. The van der Waals surface area contributed by atoms with Crippen molar-refractivity contribution in [2.45, 2.75) is 31.3 Å². The van der Waals surface area contributed by atoms with Gasteiger partial charge in [0.25, 0.3) is 11.8 Å². The van der Waals surface area contributed by atoms with E-state index >= 15 is 0 Å². The molecule has 0 saturated heterocycles. The Morgan fingerprint density at radius 3 is 2.53 bits per heavy atom. The first-order valence-electron chi connectivity index (χ1n) is 10.6. The van der Waals surface area contributed by atoms with Crippen molar-refractivity contribution in [3.8, 4) is 0 Å². The van der Waals surface area contributed by atoms with E-state index in [4.69, 9.17) is 5.73 Å². The van der Waals surface area contributed by atoms with Gasteiger partial charge in [0.1, 0.15) is 5.00 Å². The van der Waals surface area contributed by atoms with Gasteiger partial charge < -0.3 is 11.1 Å². The molecular formula is C24H26ClN3O4S2. The van der Waals surface area contributed by atoms with Crippen molar-refractivity contribution in [1.82, 2.24) is 4.90 Å². The molecule has 1 aliphatic rings. The van der Waals surface area contributed by atoms with E-state index in [-0.39, 0.29) is 28.6 Å². The summed E-state index contributed by atoms with van der Waals surface area (Å²) in [6.45, 7) is 3.79. The molecule has 10 heteroatoms. The number of halogens is 1. The molecule has 0 radical (unpaired) electrons. The van der Waals surface area contributed by atoms with E-state index in [0.29, 0.717) is 23.5 Å². The minimum absolute atomic E-state index is 0. The number of thiophene rings is 1. The lowest BCUT2D eigenvalue weighted by Crippen LogP contribution is -2.30. The largest absolute Gasteiger partial charge is 0.365 e. The van der Waals surface area contributed by atoms with Gasteiger partial charge in [0.15, 0.2) is 9.84 Å². The van der Waals surface area contributed by atoms with E-state index in [9.17, 15) is 18.0 Å². The number of nitrogens with zero attached hydrogens (tertiary/aromatic N) is 1. The molecule has 0 atom stereocenters. The van der Waals surface area contributed by atoms with Gasteiger partial charge in [0.2, 0.25) is 0 Å². The van der Waals surface area contributed by atoms with Gasteiger partial charge in [-0.25, -0.2) is 8.42 Å². The zero-order valence-corrected chi connectivity index (χ0v) is 21.1. The number of primary amides is 1. The van der Waals surface area contributed by atoms with Crippen LogP contribution in [0.1, 0.15) is 43.6 Å². The smallest absolute Gasteiger partial charge is 0.256 e. The molecule has 2 amide bonds. The lowest BCUT2D eigenvalue weighted by Gasteiger charge is -2.27. The van der Waals surface area contributed by atoms with Gasteiger partial charge in [-0.15, -0.1) is 23.7 Å². The van der Waals surface area contributed by atoms with Crippen LogP contribution in [0.15, 0.2) is 59.5 Å². The summed E-state index contributed by atoms with van der Waals surface area (Å²) in [5, 5.41) is 3.20. The predicted molar refractivity (Wildman–Crippen MR) is 136 cm³/mol. The summed E-state index contributed by atoms with van der Waals surface area (Å²) in [6, 6.07) is 16.1. The second-order valence-electron chi connectivity index (χ2n) is 7.90. The third-order valence-corrected chi connectivity index (χ3v) is 8.56. The van der Waals surface area contributed by atoms with E-state index in [1.165, 1.54) is 35.1 Å². The van der Waals surface area contributed by atoms with Crippen molar-refractivity contribution in [2.75, 3.05) is 17.6 Å². The van der Waals surface area contributed by atoms with Crippen LogP contribution in [0.3, 0.4) is 0 Å². The number of hydrogen-bond acceptors (Lipinski definition) is 6. The summed E-state index contributed by atoms with van der Waals surface area (Å²) >= 11 is 1.35. The average Bonchev–Trinajstić information content (AvgIpc) is 3.17. The summed E-state index contributed by atoms with van der Waals surface area (Å²) < 4.78 is 24.4. The van der Waals surface area contributed by atoms with Crippen molar-refractivity contribution in [2.24, 2.45) is 5.73 Å². The van der Waals surface area contributed by atoms with Crippen LogP contribution in [0.5, 0.6) is 0 Å². The zero-order valence-electron chi connectivity index (χ0n) is 18.6. The summed E-state index contributed by atoms with van der Waals surface area (Å²) in [5.74, 6) is -1.12. The van der Waals surface area contributed by atoms with Crippen molar-refractivity contribution in [3.63, 3.8) is 0 Å². The molecule has 1 aliphatic heterocycles. The maximum atomic E-state index is 12.9. The molecule has 0 fully saturated rings. The number of nitrogens with one attached hydrogen (secondary N) is 1. The van der Waals surface area contributed by atoms with Crippen LogP contribution in [0.25, 0.3) is 0 Å². The number of nitrogens with two attached hydrogens (primary N) is 1. The number of amides is 2. The number of carbonyl (C=O) groups excluding carboxylic acids is 2. The highest BCUT2D eigenvalue weighted by molar-refractivity contribution is 7.91. The third-order valence-electron chi connectivity index (χ3n) is 5.69. The van der Waals surface area contributed by atoms with Crippen molar-refractivity contribution in [3.05, 3.63) is 81.7 Å². The van der Waals surface area contributed by atoms with E-state index < -0.39 is 21.7 Å². The molecule has 0 unspecified atom stereocenters. The Labute approximate surface area is 209 Å². The van der Waals surface area contributed by atoms with E-state index in [2.05, 4.69) is 22.3 Å². The van der Waals surface area contributed by atoms with Crippen LogP contribution in [0, 0.1) is 0 Å². The number of benzene rings is 2. The van der Waals surface area contributed by atoms with Crippen LogP contribution >= 0.6 is 23.7 Å². The molecule has 0 spiro atoms.